The second-order valence-electron chi connectivity index (χ2n) is 9.09. The van der Waals surface area contributed by atoms with Gasteiger partial charge in [0.15, 0.2) is 6.23 Å². The van der Waals surface area contributed by atoms with E-state index >= 15 is 0 Å². The van der Waals surface area contributed by atoms with E-state index in [9.17, 15) is 18.0 Å². The van der Waals surface area contributed by atoms with Crippen molar-refractivity contribution in [3.8, 4) is 5.75 Å². The molecule has 1 aliphatic rings. The van der Waals surface area contributed by atoms with Crippen molar-refractivity contribution in [2.24, 2.45) is 5.92 Å². The van der Waals surface area contributed by atoms with Crippen LogP contribution in [-0.2, 0) is 20.4 Å². The molecule has 0 spiro atoms. The lowest BCUT2D eigenvalue weighted by Crippen LogP contribution is -2.27. The molecule has 4 aromatic rings. The van der Waals surface area contributed by atoms with Crippen LogP contribution in [0.4, 0.5) is 19.0 Å². The minimum Gasteiger partial charge on any atom is -0.491 e. The molecule has 1 aliphatic heterocycles. The summed E-state index contributed by atoms with van der Waals surface area (Å²) in [5.41, 5.74) is 5.68. The van der Waals surface area contributed by atoms with Crippen LogP contribution in [0.3, 0.4) is 0 Å². The van der Waals surface area contributed by atoms with E-state index in [1.54, 1.807) is 42.8 Å². The van der Waals surface area contributed by atoms with Crippen LogP contribution in [0.25, 0.3) is 21.9 Å². The molecule has 0 saturated carbocycles. The lowest BCUT2D eigenvalue weighted by atomic mass is 10.1. The topological polar surface area (TPSA) is 114 Å². The van der Waals surface area contributed by atoms with Gasteiger partial charge >= 0.3 is 12.1 Å². The minimum absolute atomic E-state index is 0.0764. The van der Waals surface area contributed by atoms with E-state index in [1.807, 2.05) is 0 Å². The normalized spacial score (nSPS) is 20.1. The molecule has 9 nitrogen and oxygen atoms in total. The fraction of sp³-hybridized carbons (Fsp3) is 0.360. The molecule has 3 atom stereocenters. The van der Waals surface area contributed by atoms with Gasteiger partial charge < -0.3 is 24.5 Å². The predicted molar refractivity (Wildman–Crippen MR) is 127 cm³/mol. The predicted octanol–water partition coefficient (Wildman–Crippen LogP) is 4.51. The fourth-order valence-corrected chi connectivity index (χ4v) is 4.19. The number of nitrogens with two attached hydrogens (primary N) is 1. The summed E-state index contributed by atoms with van der Waals surface area (Å²) in [7, 11) is 0. The van der Waals surface area contributed by atoms with E-state index in [4.69, 9.17) is 19.9 Å². The summed E-state index contributed by atoms with van der Waals surface area (Å²) in [6, 6.07) is 8.81. The number of benzene rings is 1. The molecule has 4 heterocycles. The van der Waals surface area contributed by atoms with Crippen LogP contribution in [-0.4, -0.2) is 44.3 Å². The van der Waals surface area contributed by atoms with Gasteiger partial charge in [0, 0.05) is 24.1 Å². The van der Waals surface area contributed by atoms with Gasteiger partial charge in [-0.05, 0) is 24.3 Å². The number of ether oxygens (including phenoxy) is 3. The van der Waals surface area contributed by atoms with Crippen molar-refractivity contribution in [1.82, 2.24) is 19.5 Å². The van der Waals surface area contributed by atoms with E-state index in [0.29, 0.717) is 34.4 Å². The number of carbonyl (C=O) groups excluding carboxylic acids is 1. The minimum atomic E-state index is -4.54. The lowest BCUT2D eigenvalue weighted by Gasteiger charge is -2.22. The summed E-state index contributed by atoms with van der Waals surface area (Å²) in [4.78, 5) is 24.4. The van der Waals surface area contributed by atoms with Crippen LogP contribution in [0.2, 0.25) is 0 Å². The number of aromatic nitrogens is 4. The average molecular weight is 515 g/mol. The van der Waals surface area contributed by atoms with E-state index in [2.05, 4.69) is 15.0 Å². The van der Waals surface area contributed by atoms with Crippen molar-refractivity contribution in [2.75, 3.05) is 12.3 Å². The van der Waals surface area contributed by atoms with Gasteiger partial charge in [-0.1, -0.05) is 19.9 Å². The Balaban J connectivity index is 1.36. The summed E-state index contributed by atoms with van der Waals surface area (Å²) >= 11 is 0. The first-order valence-electron chi connectivity index (χ1n) is 11.6. The molecule has 1 fully saturated rings. The van der Waals surface area contributed by atoms with Gasteiger partial charge in [0.1, 0.15) is 41.9 Å². The number of carbonyl (C=O) groups is 1. The first-order valence-corrected chi connectivity index (χ1v) is 11.6. The quantitative estimate of drug-likeness (QED) is 0.373. The Bertz CT molecular complexity index is 1460. The highest BCUT2D eigenvalue weighted by Crippen LogP contribution is 2.35. The first kappa shape index (κ1) is 24.8. The number of halogens is 3. The van der Waals surface area contributed by atoms with Crippen molar-refractivity contribution in [3.05, 3.63) is 54.6 Å². The Morgan fingerprint density at radius 3 is 2.76 bits per heavy atom. The van der Waals surface area contributed by atoms with Crippen molar-refractivity contribution >= 4 is 33.7 Å². The van der Waals surface area contributed by atoms with Gasteiger partial charge in [-0.3, -0.25) is 4.79 Å². The number of nitrogen functional groups attached to an aromatic ring is 1. The third kappa shape index (κ3) is 5.01. The Morgan fingerprint density at radius 1 is 1.22 bits per heavy atom. The smallest absolute Gasteiger partial charge is 0.433 e. The Hall–Kier alpha value is -3.93. The molecule has 0 unspecified atom stereocenters. The number of hydrogen-bond acceptors (Lipinski definition) is 8. The molecule has 37 heavy (non-hydrogen) atoms. The standard InChI is InChI=1S/C25H24F3N5O4/c1-13(2)24(34)37-19-10-16(36-23(19)33-8-7-17-21(29)30-12-31-22(17)33)11-35-15-5-3-14-4-6-20(25(26,27)28)32-18(14)9-15/h3-9,12-13,16,19,23H,10-11H2,1-2H3,(H2,29,30,31)/t16-,19+,23+/m0/s1. The molecule has 3 aromatic heterocycles. The number of anilines is 1. The Morgan fingerprint density at radius 2 is 2.00 bits per heavy atom. The van der Waals surface area contributed by atoms with Crippen LogP contribution in [0.5, 0.6) is 5.75 Å². The molecule has 0 aliphatic carbocycles. The molecule has 2 N–H and O–H groups in total. The highest BCUT2D eigenvalue weighted by Gasteiger charge is 2.40. The number of pyridine rings is 1. The molecular weight excluding hydrogens is 491 g/mol. The molecule has 0 bridgehead atoms. The number of rotatable bonds is 6. The zero-order chi connectivity index (χ0) is 26.3. The Kier molecular flexibility index (Phi) is 6.36. The van der Waals surface area contributed by atoms with Gasteiger partial charge in [0.2, 0.25) is 0 Å². The molecule has 194 valence electrons. The summed E-state index contributed by atoms with van der Waals surface area (Å²) < 4.78 is 58.7. The average Bonchev–Trinajstić information content (AvgIpc) is 3.46. The monoisotopic (exact) mass is 515 g/mol. The lowest BCUT2D eigenvalue weighted by molar-refractivity contribution is -0.158. The van der Waals surface area contributed by atoms with Crippen molar-refractivity contribution < 1.29 is 32.2 Å². The third-order valence-electron chi connectivity index (χ3n) is 6.09. The number of esters is 1. The fourth-order valence-electron chi connectivity index (χ4n) is 4.19. The van der Waals surface area contributed by atoms with Crippen LogP contribution >= 0.6 is 0 Å². The van der Waals surface area contributed by atoms with Gasteiger partial charge in [-0.15, -0.1) is 0 Å². The second kappa shape index (κ2) is 9.51. The third-order valence-corrected chi connectivity index (χ3v) is 6.09. The maximum atomic E-state index is 13.1. The number of nitrogens with zero attached hydrogens (tertiary/aromatic N) is 4. The molecule has 1 aromatic carbocycles. The van der Waals surface area contributed by atoms with Gasteiger partial charge in [-0.2, -0.15) is 13.2 Å². The highest BCUT2D eigenvalue weighted by molar-refractivity contribution is 5.86. The highest BCUT2D eigenvalue weighted by atomic mass is 19.4. The van der Waals surface area contributed by atoms with Crippen LogP contribution in [0, 0.1) is 5.92 Å². The molecule has 5 rings (SSSR count). The van der Waals surface area contributed by atoms with Crippen molar-refractivity contribution in [2.45, 2.75) is 44.9 Å². The van der Waals surface area contributed by atoms with Crippen LogP contribution < -0.4 is 10.5 Å². The molecular formula is C25H24F3N5O4. The summed E-state index contributed by atoms with van der Waals surface area (Å²) in [5.74, 6) is -0.0427. The van der Waals surface area contributed by atoms with Crippen LogP contribution in [0.15, 0.2) is 48.9 Å². The first-order chi connectivity index (χ1) is 17.6. The molecule has 0 radical (unpaired) electrons. The number of alkyl halides is 3. The van der Waals surface area contributed by atoms with E-state index in [1.165, 1.54) is 18.5 Å². The summed E-state index contributed by atoms with van der Waals surface area (Å²) in [6.07, 6.45) is -2.90. The maximum absolute atomic E-state index is 13.1. The van der Waals surface area contributed by atoms with Gasteiger partial charge in [-0.25, -0.2) is 15.0 Å². The molecule has 1 saturated heterocycles. The van der Waals surface area contributed by atoms with Gasteiger partial charge in [0.05, 0.1) is 22.9 Å². The van der Waals surface area contributed by atoms with Crippen LogP contribution in [0.1, 0.15) is 32.2 Å². The van der Waals surface area contributed by atoms with E-state index in [-0.39, 0.29) is 24.0 Å². The number of hydrogen-bond donors (Lipinski definition) is 1. The van der Waals surface area contributed by atoms with E-state index in [0.717, 1.165) is 6.07 Å². The summed E-state index contributed by atoms with van der Waals surface area (Å²) in [5, 5.41) is 1.19. The van der Waals surface area contributed by atoms with Crippen molar-refractivity contribution in [1.29, 1.82) is 0 Å². The number of fused-ring (bicyclic) bond motifs is 2. The molecule has 12 heteroatoms. The van der Waals surface area contributed by atoms with E-state index < -0.39 is 30.3 Å². The summed E-state index contributed by atoms with van der Waals surface area (Å²) in [6.45, 7) is 3.56. The second-order valence-corrected chi connectivity index (χ2v) is 9.09. The maximum Gasteiger partial charge on any atom is 0.433 e. The SMILES string of the molecule is CC(C)C(=O)O[C@@H]1C[C@@H](COc2ccc3ccc(C(F)(F)F)nc3c2)O[C@H]1n1ccc2c(N)ncnc21. The largest absolute Gasteiger partial charge is 0.491 e. The zero-order valence-corrected chi connectivity index (χ0v) is 20.0. The van der Waals surface area contributed by atoms with Gasteiger partial charge in [0.25, 0.3) is 0 Å². The zero-order valence-electron chi connectivity index (χ0n) is 20.0. The molecule has 0 amide bonds. The van der Waals surface area contributed by atoms with Crippen molar-refractivity contribution in [3.63, 3.8) is 0 Å². The Labute approximate surface area is 209 Å².